The maximum atomic E-state index is 14.0. The van der Waals surface area contributed by atoms with Gasteiger partial charge in [-0.2, -0.15) is 0 Å². The third-order valence-electron chi connectivity index (χ3n) is 23.7. The lowest BCUT2D eigenvalue weighted by Crippen LogP contribution is -2.40. The van der Waals surface area contributed by atoms with Crippen LogP contribution in [0.5, 0.6) is 46.0 Å². The second kappa shape index (κ2) is 63.0. The number of halogens is 12. The van der Waals surface area contributed by atoms with E-state index in [1.807, 2.05) is 196 Å². The fraction of sp³-hybridized carbons (Fsp3) is 0.393. The molecular formula is C122H149Br2Cl2F6I2N5O9. The Hall–Kier alpha value is -9.60. The van der Waals surface area contributed by atoms with Gasteiger partial charge in [0.25, 0.3) is 0 Å². The molecule has 0 fully saturated rings. The number of nitrogens with two attached hydrogens (primary N) is 1. The Morgan fingerprint density at radius 1 is 0.399 bits per heavy atom. The molecule has 0 radical (unpaired) electrons. The third-order valence-corrected chi connectivity index (χ3v) is 26.4. The molecule has 11 aromatic rings. The molecule has 0 spiro atoms. The van der Waals surface area contributed by atoms with Crippen LogP contribution in [0.25, 0.3) is 0 Å². The number of hydrogen-bond donors (Lipinski definition) is 4. The van der Waals surface area contributed by atoms with Crippen molar-refractivity contribution in [3.63, 3.8) is 0 Å². The van der Waals surface area contributed by atoms with Gasteiger partial charge in [-0.3, -0.25) is 19.6 Å². The van der Waals surface area contributed by atoms with Crippen molar-refractivity contribution in [3.8, 4) is 94.9 Å². The van der Waals surface area contributed by atoms with E-state index in [1.54, 1.807) is 101 Å². The highest BCUT2D eigenvalue weighted by molar-refractivity contribution is 14.1. The van der Waals surface area contributed by atoms with Gasteiger partial charge in [0.05, 0.1) is 52.7 Å². The van der Waals surface area contributed by atoms with Crippen LogP contribution < -0.4 is 29.4 Å². The van der Waals surface area contributed by atoms with Gasteiger partial charge >= 0.3 is 0 Å². The van der Waals surface area contributed by atoms with Crippen LogP contribution in [-0.4, -0.2) is 106 Å². The van der Waals surface area contributed by atoms with Crippen molar-refractivity contribution in [1.82, 2.24) is 19.6 Å². The highest BCUT2D eigenvalue weighted by atomic mass is 127. The van der Waals surface area contributed by atoms with Gasteiger partial charge in [0, 0.05) is 116 Å². The highest BCUT2D eigenvalue weighted by Gasteiger charge is 2.36. The van der Waals surface area contributed by atoms with Crippen LogP contribution in [-0.2, 0) is 74.2 Å². The number of nitrogens with zero attached hydrogens (tertiary/aromatic N) is 4. The number of para-hydroxylation sites is 2. The summed E-state index contributed by atoms with van der Waals surface area (Å²) < 4.78 is 115. The Balaban J connectivity index is 0.000000350. The first kappa shape index (κ1) is 131. The van der Waals surface area contributed by atoms with E-state index in [9.17, 15) is 41.7 Å². The van der Waals surface area contributed by atoms with Crippen molar-refractivity contribution in [3.05, 3.63) is 337 Å². The van der Waals surface area contributed by atoms with Crippen LogP contribution in [0.3, 0.4) is 0 Å². The molecule has 0 aliphatic carbocycles. The molecule has 14 nitrogen and oxygen atoms in total. The lowest BCUT2D eigenvalue weighted by atomic mass is 9.93. The first-order chi connectivity index (χ1) is 69.0. The molecule has 11 aromatic carbocycles. The number of rotatable bonds is 20. The van der Waals surface area contributed by atoms with Crippen molar-refractivity contribution in [2.45, 2.75) is 300 Å². The molecule has 5 N–H and O–H groups in total. The maximum Gasteiger partial charge on any atom is 0.162 e. The second-order valence-corrected chi connectivity index (χ2v) is 43.5. The van der Waals surface area contributed by atoms with Crippen molar-refractivity contribution in [2.75, 3.05) is 13.2 Å². The van der Waals surface area contributed by atoms with Crippen molar-refractivity contribution in [2.24, 2.45) is 5.73 Å². The van der Waals surface area contributed by atoms with Crippen LogP contribution in [0.1, 0.15) is 234 Å². The second-order valence-electron chi connectivity index (χ2n) is 39.7. The van der Waals surface area contributed by atoms with Gasteiger partial charge in [-0.05, 0) is 383 Å². The summed E-state index contributed by atoms with van der Waals surface area (Å²) in [6.07, 6.45) is 18.3. The van der Waals surface area contributed by atoms with Gasteiger partial charge in [-0.25, -0.2) is 26.3 Å². The minimum atomic E-state index is -0.431. The first-order valence-corrected chi connectivity index (χ1v) is 53.7. The summed E-state index contributed by atoms with van der Waals surface area (Å²) in [7, 11) is 1.55. The number of phenolic OH excluding ortho intramolecular Hbond substituents is 3. The number of fused-ring (bicyclic) bond motifs is 4. The zero-order valence-corrected chi connectivity index (χ0v) is 99.2. The number of hydrogen-bond acceptors (Lipinski definition) is 14. The normalized spacial score (nSPS) is 12.7. The summed E-state index contributed by atoms with van der Waals surface area (Å²) in [5.41, 5.74) is 19.2. The zero-order valence-electron chi connectivity index (χ0n) is 90.2. The molecule has 4 aliphatic rings. The van der Waals surface area contributed by atoms with E-state index in [4.69, 9.17) is 60.3 Å². The molecule has 4 heterocycles. The number of aryl methyl sites for hydroxylation is 4. The molecule has 0 unspecified atom stereocenters. The van der Waals surface area contributed by atoms with E-state index in [2.05, 4.69) is 184 Å². The SMILES string of the molecule is C#CC(C)(C)N.C#CC(C)(C)N1Cc2cccc(F)c2C1.C#CC(C)(C)N1Cc2cccc(F)c2C1.CC(C)Oc1cc(CCC(C)(C)N2Cc3cccc(F)c3C2)ccc1O.CC(C)Oc1cc(I)ccc1O.CC(C)Oc1ccccc1O.COCCl.Cc1ccc(C#CC(C)(C)N2Cc3cccc(F)c3C2)cc1OC(C)C.Cc1ccc(I)cc1OC(C)C.Cc1cccc(F)c1C.Cl.Fc1cccc(CBr)c1CBr. The standard InChI is InChI=1S/C23H26FNO.C22H28FNO2.2C13H14FN.C10H13IO.C9H11IO2.C9H12O2.C8H7Br2F.C8H9F.C5H9N.C2H5ClO.ClH/c1-16(2)26-22-13-18(10-9-17(22)3)11-12-23(4,5)25-14-19-7-6-8-21(24)20(19)15-25;1-15(2)26-21-12-16(8-9-20(21)25)10-11-22(3,4)24-13-17-6-5-7-19(23)18(17)14-24;2*1-4-13(2,3)15-8-10-6-5-7-12(14)11(10)9-15;1-7(2)12-10-6-9(11)5-4-8(10)3;1-6(2)12-9-5-7(10)3-4-8(9)11;1-7(2)11-9-6-4-3-5-8(9)10;9-4-6-2-1-3-8(11)7(6)5-10;1-6-4-3-5-8(9)7(6)2;1-4-5(2,3)6;1-4-2-3;/h6-10,13,16H,14-15H2,1-5H3;5-9,12,15,25H,10-11,13-14H2,1-4H3;2*1,5-7H,8-9H2,2-3H3;4-7H,1-3H3;3-6,11H,1-2H3;3-7,10H,1-2H3;1-3H,4-5H2;3-5H,1-2H3;1H,6H2,2-3H3;2H2,1H3;1H. The van der Waals surface area contributed by atoms with Gasteiger partial charge in [-0.15, -0.1) is 31.7 Å². The molecule has 0 aromatic heterocycles. The largest absolute Gasteiger partial charge is 0.504 e. The summed E-state index contributed by atoms with van der Waals surface area (Å²) in [4.78, 5) is 8.78. The maximum absolute atomic E-state index is 14.0. The molecular weight excluding hydrogens is 2280 g/mol. The summed E-state index contributed by atoms with van der Waals surface area (Å²) in [5.74, 6) is 17.9. The van der Waals surface area contributed by atoms with Crippen molar-refractivity contribution in [1.29, 1.82) is 0 Å². The molecule has 0 atom stereocenters. The number of aromatic hydroxyl groups is 3. The third kappa shape index (κ3) is 43.6. The van der Waals surface area contributed by atoms with E-state index in [0.29, 0.717) is 60.2 Å². The van der Waals surface area contributed by atoms with Crippen molar-refractivity contribution >= 4 is 101 Å². The number of terminal acetylenes is 3. The van der Waals surface area contributed by atoms with Crippen LogP contribution in [0.4, 0.5) is 26.3 Å². The first-order valence-electron chi connectivity index (χ1n) is 48.7. The number of phenols is 3. The number of ether oxygens (including phenoxy) is 6. The lowest BCUT2D eigenvalue weighted by Gasteiger charge is -2.35. The smallest absolute Gasteiger partial charge is 0.162 e. The Labute approximate surface area is 934 Å². The molecule has 26 heteroatoms. The Kier molecular flexibility index (Phi) is 55.6. The molecule has 0 saturated carbocycles. The van der Waals surface area contributed by atoms with Gasteiger partial charge < -0.3 is 49.5 Å². The molecule has 800 valence electrons. The summed E-state index contributed by atoms with van der Waals surface area (Å²) in [5, 5.41) is 29.8. The average molecular weight is 2430 g/mol. The van der Waals surface area contributed by atoms with E-state index < -0.39 is 5.54 Å². The number of benzene rings is 11. The monoisotopic (exact) mass is 2420 g/mol. The van der Waals surface area contributed by atoms with E-state index in [1.165, 1.54) is 39.5 Å². The Morgan fingerprint density at radius 2 is 0.743 bits per heavy atom. The van der Waals surface area contributed by atoms with E-state index in [0.717, 1.165) is 138 Å². The summed E-state index contributed by atoms with van der Waals surface area (Å²) in [6.45, 7) is 53.1. The van der Waals surface area contributed by atoms with Crippen LogP contribution >= 0.6 is 101 Å². The van der Waals surface area contributed by atoms with Crippen LogP contribution in [0.2, 0.25) is 0 Å². The quantitative estimate of drug-likeness (QED) is 0.0248. The molecule has 0 amide bonds. The summed E-state index contributed by atoms with van der Waals surface area (Å²) >= 11 is 16.0. The topological polar surface area (TPSA) is 155 Å². The van der Waals surface area contributed by atoms with Gasteiger partial charge in [0.15, 0.2) is 34.5 Å². The molecule has 148 heavy (non-hydrogen) atoms. The predicted octanol–water partition coefficient (Wildman–Crippen LogP) is 31.2. The van der Waals surface area contributed by atoms with E-state index in [-0.39, 0.29) is 117 Å². The Bertz CT molecular complexity index is 6080. The van der Waals surface area contributed by atoms with Gasteiger partial charge in [0.2, 0.25) is 0 Å². The lowest BCUT2D eigenvalue weighted by molar-refractivity contribution is 0.109. The molecule has 0 bridgehead atoms. The average Bonchev–Trinajstić information content (AvgIpc) is 1.65. The minimum Gasteiger partial charge on any atom is -0.504 e. The predicted molar refractivity (Wildman–Crippen MR) is 622 cm³/mol. The Morgan fingerprint density at radius 3 is 1.13 bits per heavy atom. The number of methoxy groups -OCH3 is 1. The molecule has 0 saturated heterocycles. The zero-order chi connectivity index (χ0) is 110. The van der Waals surface area contributed by atoms with Gasteiger partial charge in [-0.1, -0.05) is 176 Å². The van der Waals surface area contributed by atoms with Crippen molar-refractivity contribution < 1.29 is 70.1 Å². The van der Waals surface area contributed by atoms with Crippen LogP contribution in [0, 0.1) is 119 Å². The minimum absolute atomic E-state index is 0. The highest BCUT2D eigenvalue weighted by Crippen LogP contribution is 2.39. The number of alkyl halides is 3. The van der Waals surface area contributed by atoms with E-state index >= 15 is 0 Å². The molecule has 15 rings (SSSR count). The summed E-state index contributed by atoms with van der Waals surface area (Å²) in [6, 6.07) is 61.7. The fourth-order valence-electron chi connectivity index (χ4n) is 14.5. The van der Waals surface area contributed by atoms with Gasteiger partial charge in [0.1, 0.15) is 52.5 Å². The molecule has 4 aliphatic heterocycles. The van der Waals surface area contributed by atoms with Crippen LogP contribution in [0.15, 0.2) is 206 Å². The fourth-order valence-corrected chi connectivity index (χ4v) is 16.6.